The summed E-state index contributed by atoms with van der Waals surface area (Å²) in [5.74, 6) is 0.690. The summed E-state index contributed by atoms with van der Waals surface area (Å²) in [6.07, 6.45) is 4.02. The summed E-state index contributed by atoms with van der Waals surface area (Å²) in [5.41, 5.74) is 2.25. The van der Waals surface area contributed by atoms with Crippen molar-refractivity contribution in [2.75, 3.05) is 44.4 Å². The van der Waals surface area contributed by atoms with E-state index in [1.165, 1.54) is 6.26 Å². The number of hydrogen-bond donors (Lipinski definition) is 1. The van der Waals surface area contributed by atoms with E-state index in [4.69, 9.17) is 9.52 Å². The van der Waals surface area contributed by atoms with Crippen LogP contribution in [0.1, 0.15) is 12.0 Å². The summed E-state index contributed by atoms with van der Waals surface area (Å²) in [7, 11) is -1.04. The van der Waals surface area contributed by atoms with Crippen molar-refractivity contribution in [3.8, 4) is 11.8 Å². The Morgan fingerprint density at radius 3 is 2.77 bits per heavy atom. The van der Waals surface area contributed by atoms with E-state index in [9.17, 15) is 9.47 Å². The normalized spacial score (nSPS) is 21.3. The third-order valence-corrected chi connectivity index (χ3v) is 6.73. The molecule has 2 aliphatic heterocycles. The highest BCUT2D eigenvalue weighted by Crippen LogP contribution is 2.45. The second-order valence-corrected chi connectivity index (χ2v) is 9.38. The molecular formula is C18H21N5O2S. The summed E-state index contributed by atoms with van der Waals surface area (Å²) in [4.78, 5) is 6.61. The molecule has 2 saturated heterocycles. The SMILES string of the molecule is COc1cccc2c(N3CC4(CCN(S(C)(=N)=O)C4)C3)c(C#N)cnc12. The molecule has 0 saturated carbocycles. The van der Waals surface area contributed by atoms with Crippen molar-refractivity contribution >= 4 is 26.5 Å². The third kappa shape index (κ3) is 2.59. The van der Waals surface area contributed by atoms with Crippen LogP contribution in [0.3, 0.4) is 0 Å². The summed E-state index contributed by atoms with van der Waals surface area (Å²) in [5, 5.41) is 10.5. The van der Waals surface area contributed by atoms with Gasteiger partial charge in [-0.3, -0.25) is 4.98 Å². The fourth-order valence-electron chi connectivity index (χ4n) is 4.14. The topological polar surface area (TPSA) is 93.3 Å². The van der Waals surface area contributed by atoms with Gasteiger partial charge in [0.25, 0.3) is 0 Å². The summed E-state index contributed by atoms with van der Waals surface area (Å²) in [6, 6.07) is 8.00. The van der Waals surface area contributed by atoms with Crippen LogP contribution in [0, 0.1) is 21.5 Å². The van der Waals surface area contributed by atoms with Gasteiger partial charge < -0.3 is 9.64 Å². The van der Waals surface area contributed by atoms with E-state index in [0.29, 0.717) is 24.4 Å². The molecule has 1 aromatic carbocycles. The maximum Gasteiger partial charge on any atom is 0.145 e. The number of anilines is 1. The molecule has 0 aliphatic carbocycles. The number of pyridine rings is 1. The lowest BCUT2D eigenvalue weighted by atomic mass is 9.78. The standard InChI is InChI=1S/C18H21N5O2S/c1-25-15-5-3-4-14-16(15)21-9-13(8-19)17(14)22-10-18(11-22)6-7-23(12-18)26(2,20)24/h3-5,9,20H,6-7,10-12H2,1-2H3. The second kappa shape index (κ2) is 5.83. The lowest BCUT2D eigenvalue weighted by Gasteiger charge is -2.50. The summed E-state index contributed by atoms with van der Waals surface area (Å²) >= 11 is 0. The number of hydrogen-bond acceptors (Lipinski definition) is 6. The van der Waals surface area contributed by atoms with Crippen molar-refractivity contribution in [2.24, 2.45) is 5.41 Å². The highest BCUT2D eigenvalue weighted by atomic mass is 32.2. The minimum absolute atomic E-state index is 0.0565. The number of para-hydroxylation sites is 1. The Morgan fingerprint density at radius 2 is 2.15 bits per heavy atom. The highest BCUT2D eigenvalue weighted by Gasteiger charge is 2.49. The number of nitrogens with one attached hydrogen (secondary N) is 1. The first-order chi connectivity index (χ1) is 12.4. The summed E-state index contributed by atoms with van der Waals surface area (Å²) in [6.45, 7) is 2.97. The van der Waals surface area contributed by atoms with Crippen molar-refractivity contribution in [3.05, 3.63) is 30.0 Å². The average molecular weight is 371 g/mol. The van der Waals surface area contributed by atoms with Crippen LogP contribution in [0.25, 0.3) is 10.9 Å². The number of fused-ring (bicyclic) bond motifs is 1. The molecule has 4 rings (SSSR count). The molecule has 1 spiro atoms. The first-order valence-electron chi connectivity index (χ1n) is 8.46. The molecule has 26 heavy (non-hydrogen) atoms. The van der Waals surface area contributed by atoms with Crippen LogP contribution >= 0.6 is 0 Å². The molecule has 1 unspecified atom stereocenters. The van der Waals surface area contributed by atoms with Gasteiger partial charge in [-0.15, -0.1) is 0 Å². The quantitative estimate of drug-likeness (QED) is 0.893. The molecule has 136 valence electrons. The first kappa shape index (κ1) is 17.1. The largest absolute Gasteiger partial charge is 0.494 e. The van der Waals surface area contributed by atoms with Crippen LogP contribution in [0.15, 0.2) is 24.4 Å². The van der Waals surface area contributed by atoms with E-state index in [-0.39, 0.29) is 5.41 Å². The van der Waals surface area contributed by atoms with Gasteiger partial charge in [0.05, 0.1) is 18.4 Å². The Kier molecular flexibility index (Phi) is 3.82. The maximum atomic E-state index is 12.0. The molecule has 0 bridgehead atoms. The highest BCUT2D eigenvalue weighted by molar-refractivity contribution is 7.89. The minimum atomic E-state index is -2.65. The van der Waals surface area contributed by atoms with Crippen LogP contribution in [0.5, 0.6) is 5.75 Å². The van der Waals surface area contributed by atoms with E-state index in [1.54, 1.807) is 17.6 Å². The van der Waals surface area contributed by atoms with Crippen LogP contribution in [0.4, 0.5) is 5.69 Å². The fraction of sp³-hybridized carbons (Fsp3) is 0.444. The van der Waals surface area contributed by atoms with Gasteiger partial charge in [0.1, 0.15) is 27.3 Å². The molecule has 2 aromatic rings. The molecule has 3 heterocycles. The minimum Gasteiger partial charge on any atom is -0.494 e. The number of ether oxygens (including phenoxy) is 1. The van der Waals surface area contributed by atoms with Crippen molar-refractivity contribution in [2.45, 2.75) is 6.42 Å². The number of rotatable bonds is 3. The number of nitrogens with zero attached hydrogens (tertiary/aromatic N) is 4. The van der Waals surface area contributed by atoms with Gasteiger partial charge in [-0.05, 0) is 12.5 Å². The predicted octanol–water partition coefficient (Wildman–Crippen LogP) is 2.22. The molecule has 1 aromatic heterocycles. The Hall–Kier alpha value is -2.37. The first-order valence-corrected chi connectivity index (χ1v) is 10.4. The average Bonchev–Trinajstić information content (AvgIpc) is 3.05. The van der Waals surface area contributed by atoms with Crippen LogP contribution in [0.2, 0.25) is 0 Å². The number of nitriles is 1. The lowest BCUT2D eigenvalue weighted by Crippen LogP contribution is -2.58. The summed E-state index contributed by atoms with van der Waals surface area (Å²) < 4.78 is 27.0. The van der Waals surface area contributed by atoms with Crippen molar-refractivity contribution < 1.29 is 8.95 Å². The van der Waals surface area contributed by atoms with Gasteiger partial charge in [0, 0.05) is 49.4 Å². The van der Waals surface area contributed by atoms with Crippen LogP contribution < -0.4 is 9.64 Å². The maximum absolute atomic E-state index is 12.0. The molecule has 8 heteroatoms. The Labute approximate surface area is 153 Å². The van der Waals surface area contributed by atoms with E-state index < -0.39 is 9.92 Å². The zero-order valence-corrected chi connectivity index (χ0v) is 15.7. The van der Waals surface area contributed by atoms with Crippen molar-refractivity contribution in [3.63, 3.8) is 0 Å². The molecule has 1 N–H and O–H groups in total. The van der Waals surface area contributed by atoms with E-state index >= 15 is 0 Å². The van der Waals surface area contributed by atoms with Crippen molar-refractivity contribution in [1.82, 2.24) is 9.29 Å². The second-order valence-electron chi connectivity index (χ2n) is 7.26. The smallest absolute Gasteiger partial charge is 0.145 e. The van der Waals surface area contributed by atoms with Gasteiger partial charge in [0.15, 0.2) is 0 Å². The predicted molar refractivity (Wildman–Crippen MR) is 101 cm³/mol. The molecule has 0 radical (unpaired) electrons. The third-order valence-electron chi connectivity index (χ3n) is 5.44. The Bertz CT molecular complexity index is 1020. The fourth-order valence-corrected chi connectivity index (χ4v) is 5.10. The number of aromatic nitrogens is 1. The van der Waals surface area contributed by atoms with E-state index in [0.717, 1.165) is 36.1 Å². The molecule has 1 atom stereocenters. The van der Waals surface area contributed by atoms with Gasteiger partial charge >= 0.3 is 0 Å². The zero-order chi connectivity index (χ0) is 18.5. The van der Waals surface area contributed by atoms with E-state index in [1.807, 2.05) is 18.2 Å². The van der Waals surface area contributed by atoms with Crippen LogP contribution in [-0.2, 0) is 9.92 Å². The lowest BCUT2D eigenvalue weighted by molar-refractivity contribution is 0.232. The van der Waals surface area contributed by atoms with Gasteiger partial charge in [-0.2, -0.15) is 5.26 Å². The molecule has 0 amide bonds. The molecule has 2 fully saturated rings. The zero-order valence-electron chi connectivity index (χ0n) is 14.9. The van der Waals surface area contributed by atoms with Gasteiger partial charge in [-0.1, -0.05) is 12.1 Å². The Balaban J connectivity index is 1.68. The molecule has 7 nitrogen and oxygen atoms in total. The molecule has 2 aliphatic rings. The van der Waals surface area contributed by atoms with E-state index in [2.05, 4.69) is 16.0 Å². The number of benzene rings is 1. The van der Waals surface area contributed by atoms with Crippen molar-refractivity contribution in [1.29, 1.82) is 10.0 Å². The van der Waals surface area contributed by atoms with Gasteiger partial charge in [0.2, 0.25) is 0 Å². The van der Waals surface area contributed by atoms with Gasteiger partial charge in [-0.25, -0.2) is 13.3 Å². The number of methoxy groups -OCH3 is 1. The van der Waals surface area contributed by atoms with Crippen LogP contribution in [-0.4, -0.2) is 53.0 Å². The monoisotopic (exact) mass is 371 g/mol. The Morgan fingerprint density at radius 1 is 1.38 bits per heavy atom. The molecular weight excluding hydrogens is 350 g/mol.